The van der Waals surface area contributed by atoms with E-state index < -0.39 is 0 Å². The van der Waals surface area contributed by atoms with Gasteiger partial charge in [0, 0.05) is 35.0 Å². The molecule has 0 saturated carbocycles. The molecule has 0 radical (unpaired) electrons. The number of aryl methyl sites for hydroxylation is 1. The highest BCUT2D eigenvalue weighted by Gasteiger charge is 2.33. The lowest BCUT2D eigenvalue weighted by atomic mass is 10.0. The Kier molecular flexibility index (Phi) is 7.26. The van der Waals surface area contributed by atoms with E-state index in [1.807, 2.05) is 35.7 Å². The number of ether oxygens (including phenoxy) is 1. The van der Waals surface area contributed by atoms with Crippen molar-refractivity contribution in [2.75, 3.05) is 12.9 Å². The maximum Gasteiger partial charge on any atom is 0.253 e. The average molecular weight is 552 g/mol. The number of hydrazone groups is 1. The second-order valence-electron chi connectivity index (χ2n) is 9.67. The quantitative estimate of drug-likeness (QED) is 0.187. The van der Waals surface area contributed by atoms with Crippen LogP contribution in [0.2, 0.25) is 0 Å². The van der Waals surface area contributed by atoms with Crippen LogP contribution in [0, 0.1) is 6.92 Å². The highest BCUT2D eigenvalue weighted by Crippen LogP contribution is 2.36. The number of nitrogens with zero attached hydrogens (tertiary/aromatic N) is 3. The van der Waals surface area contributed by atoms with Crippen LogP contribution < -0.4 is 4.74 Å². The molecule has 196 valence electrons. The monoisotopic (exact) mass is 551 g/mol. The third kappa shape index (κ3) is 5.37. The van der Waals surface area contributed by atoms with Gasteiger partial charge in [0.2, 0.25) is 0 Å². The number of rotatable bonds is 8. The topological polar surface area (TPSA) is 46.8 Å². The first-order valence-electron chi connectivity index (χ1n) is 12.9. The third-order valence-electron chi connectivity index (χ3n) is 7.05. The van der Waals surface area contributed by atoms with Crippen LogP contribution in [-0.2, 0) is 11.3 Å². The first-order chi connectivity index (χ1) is 19.1. The molecule has 0 saturated heterocycles. The summed E-state index contributed by atoms with van der Waals surface area (Å²) < 4.78 is 7.61. The van der Waals surface area contributed by atoms with Gasteiger partial charge in [-0.25, -0.2) is 5.01 Å². The minimum Gasteiger partial charge on any atom is -0.497 e. The molecule has 0 fully saturated rings. The summed E-state index contributed by atoms with van der Waals surface area (Å²) in [6.07, 6.45) is 2.87. The van der Waals surface area contributed by atoms with Crippen molar-refractivity contribution in [3.05, 3.63) is 118 Å². The van der Waals surface area contributed by atoms with Gasteiger partial charge in [0.25, 0.3) is 5.91 Å². The molecule has 1 amide bonds. The van der Waals surface area contributed by atoms with Crippen LogP contribution in [-0.4, -0.2) is 34.1 Å². The van der Waals surface area contributed by atoms with Crippen molar-refractivity contribution in [1.82, 2.24) is 9.58 Å². The Morgan fingerprint density at radius 2 is 1.82 bits per heavy atom. The summed E-state index contributed by atoms with van der Waals surface area (Å²) in [5, 5.41) is 9.74. The number of fused-ring (bicyclic) bond motifs is 1. The van der Waals surface area contributed by atoms with Crippen molar-refractivity contribution in [2.24, 2.45) is 5.10 Å². The summed E-state index contributed by atoms with van der Waals surface area (Å²) in [7, 11) is 1.66. The molecule has 2 aromatic heterocycles. The number of benzene rings is 3. The fourth-order valence-corrected chi connectivity index (χ4v) is 6.63. The van der Waals surface area contributed by atoms with E-state index in [-0.39, 0.29) is 11.9 Å². The van der Waals surface area contributed by atoms with Crippen molar-refractivity contribution in [3.63, 3.8) is 0 Å². The number of carbonyl (C=O) groups is 1. The Labute approximate surface area is 236 Å². The Morgan fingerprint density at radius 1 is 1.03 bits per heavy atom. The van der Waals surface area contributed by atoms with Crippen molar-refractivity contribution in [2.45, 2.75) is 30.8 Å². The van der Waals surface area contributed by atoms with Crippen LogP contribution in [0.15, 0.2) is 107 Å². The van der Waals surface area contributed by atoms with Gasteiger partial charge in [-0.1, -0.05) is 66.2 Å². The SMILES string of the molecule is COc1ccc(C2CC(c3cccs3)=NN2C(=O)CSc2cn(Cc3ccc(C)cc3)c3ccccc23)cc1. The molecule has 6 rings (SSSR count). The number of thiophene rings is 1. The van der Waals surface area contributed by atoms with Gasteiger partial charge < -0.3 is 9.30 Å². The summed E-state index contributed by atoms with van der Waals surface area (Å²) in [4.78, 5) is 15.9. The molecule has 5 aromatic rings. The van der Waals surface area contributed by atoms with E-state index in [4.69, 9.17) is 9.84 Å². The van der Waals surface area contributed by atoms with Crippen LogP contribution in [0.4, 0.5) is 0 Å². The summed E-state index contributed by atoms with van der Waals surface area (Å²) in [6, 6.07) is 29.0. The number of aromatic nitrogens is 1. The fraction of sp³-hybridized carbons (Fsp3) is 0.188. The minimum absolute atomic E-state index is 0.00254. The molecular formula is C32H29N3O2S2. The van der Waals surface area contributed by atoms with Gasteiger partial charge in [-0.15, -0.1) is 23.1 Å². The van der Waals surface area contributed by atoms with Crippen molar-refractivity contribution in [1.29, 1.82) is 0 Å². The molecule has 7 heteroatoms. The molecule has 1 aliphatic heterocycles. The zero-order valence-corrected chi connectivity index (χ0v) is 23.5. The highest BCUT2D eigenvalue weighted by molar-refractivity contribution is 8.00. The number of amides is 1. The van der Waals surface area contributed by atoms with Gasteiger partial charge in [-0.3, -0.25) is 4.79 Å². The first-order valence-corrected chi connectivity index (χ1v) is 14.8. The lowest BCUT2D eigenvalue weighted by Crippen LogP contribution is -2.28. The van der Waals surface area contributed by atoms with E-state index in [2.05, 4.69) is 72.3 Å². The predicted octanol–water partition coefficient (Wildman–Crippen LogP) is 7.54. The summed E-state index contributed by atoms with van der Waals surface area (Å²) in [5.74, 6) is 1.11. The van der Waals surface area contributed by atoms with Crippen LogP contribution in [0.1, 0.15) is 34.0 Å². The van der Waals surface area contributed by atoms with Crippen LogP contribution in [0.3, 0.4) is 0 Å². The second kappa shape index (κ2) is 11.1. The molecule has 5 nitrogen and oxygen atoms in total. The molecule has 3 aromatic carbocycles. The molecule has 1 aliphatic rings. The molecule has 0 aliphatic carbocycles. The zero-order valence-electron chi connectivity index (χ0n) is 21.9. The Balaban J connectivity index is 1.24. The Bertz CT molecular complexity index is 1620. The van der Waals surface area contributed by atoms with E-state index in [1.54, 1.807) is 35.2 Å². The maximum atomic E-state index is 13.7. The van der Waals surface area contributed by atoms with Crippen LogP contribution in [0.5, 0.6) is 5.75 Å². The highest BCUT2D eigenvalue weighted by atomic mass is 32.2. The molecule has 0 spiro atoms. The van der Waals surface area contributed by atoms with Crippen LogP contribution in [0.25, 0.3) is 10.9 Å². The van der Waals surface area contributed by atoms with Gasteiger partial charge in [-0.2, -0.15) is 5.10 Å². The maximum absolute atomic E-state index is 13.7. The lowest BCUT2D eigenvalue weighted by Gasteiger charge is -2.22. The van der Waals surface area contributed by atoms with Crippen molar-refractivity contribution >= 4 is 45.6 Å². The van der Waals surface area contributed by atoms with Gasteiger partial charge in [0.1, 0.15) is 5.75 Å². The number of thioether (sulfide) groups is 1. The van der Waals surface area contributed by atoms with Gasteiger partial charge in [0.05, 0.1) is 29.5 Å². The Morgan fingerprint density at radius 3 is 2.56 bits per heavy atom. The number of carbonyl (C=O) groups excluding carboxylic acids is 1. The smallest absolute Gasteiger partial charge is 0.253 e. The molecule has 39 heavy (non-hydrogen) atoms. The van der Waals surface area contributed by atoms with E-state index in [0.29, 0.717) is 12.2 Å². The normalized spacial score (nSPS) is 15.1. The molecular weight excluding hydrogens is 523 g/mol. The van der Waals surface area contributed by atoms with Crippen molar-refractivity contribution < 1.29 is 9.53 Å². The minimum atomic E-state index is -0.135. The van der Waals surface area contributed by atoms with Crippen LogP contribution >= 0.6 is 23.1 Å². The summed E-state index contributed by atoms with van der Waals surface area (Å²) in [5.41, 5.74) is 5.69. The fourth-order valence-electron chi connectivity index (χ4n) is 4.97. The zero-order chi connectivity index (χ0) is 26.8. The number of methoxy groups -OCH3 is 1. The molecule has 3 heterocycles. The third-order valence-corrected chi connectivity index (χ3v) is 9.00. The molecule has 0 bridgehead atoms. The molecule has 1 unspecified atom stereocenters. The van der Waals surface area contributed by atoms with E-state index in [1.165, 1.54) is 22.0 Å². The Hall–Kier alpha value is -3.81. The first kappa shape index (κ1) is 25.5. The summed E-state index contributed by atoms with van der Waals surface area (Å²) in [6.45, 7) is 2.89. The van der Waals surface area contributed by atoms with Gasteiger partial charge in [0.15, 0.2) is 0 Å². The van der Waals surface area contributed by atoms with Gasteiger partial charge >= 0.3 is 0 Å². The molecule has 1 atom stereocenters. The van der Waals surface area contributed by atoms with E-state index in [9.17, 15) is 4.79 Å². The van der Waals surface area contributed by atoms with Gasteiger partial charge in [-0.05, 0) is 47.7 Å². The number of hydrogen-bond acceptors (Lipinski definition) is 5. The predicted molar refractivity (Wildman–Crippen MR) is 161 cm³/mol. The molecule has 0 N–H and O–H groups in total. The second-order valence-corrected chi connectivity index (χ2v) is 11.6. The van der Waals surface area contributed by atoms with E-state index in [0.717, 1.165) is 33.3 Å². The largest absolute Gasteiger partial charge is 0.497 e. The van der Waals surface area contributed by atoms with E-state index >= 15 is 0 Å². The number of para-hydroxylation sites is 1. The van der Waals surface area contributed by atoms with Crippen molar-refractivity contribution in [3.8, 4) is 5.75 Å². The summed E-state index contributed by atoms with van der Waals surface area (Å²) >= 11 is 3.24. The standard InChI is InChI=1S/C32H29N3O2S2/c1-22-9-11-23(12-10-22)19-34-20-31(26-6-3-4-7-28(26)34)39-21-32(36)35-29(24-13-15-25(37-2)16-14-24)18-27(33-35)30-8-5-17-38-30/h3-17,20,29H,18-19,21H2,1-2H3. The number of hydrogen-bond donors (Lipinski definition) is 0. The lowest BCUT2D eigenvalue weighted by molar-refractivity contribution is -0.130. The average Bonchev–Trinajstić information content (AvgIpc) is 3.73.